The Morgan fingerprint density at radius 1 is 1.30 bits per heavy atom. The van der Waals surface area contributed by atoms with E-state index in [0.29, 0.717) is 34.7 Å². The lowest BCUT2D eigenvalue weighted by Crippen LogP contribution is -2.15. The van der Waals surface area contributed by atoms with Crippen LogP contribution in [0.5, 0.6) is 5.88 Å². The van der Waals surface area contributed by atoms with Crippen molar-refractivity contribution in [1.29, 1.82) is 0 Å². The molecule has 1 aliphatic heterocycles. The number of thiophene rings is 1. The Kier molecular flexibility index (Phi) is 3.91. The van der Waals surface area contributed by atoms with Crippen molar-refractivity contribution < 1.29 is 13.5 Å². The zero-order valence-corrected chi connectivity index (χ0v) is 15.4. The molecule has 1 N–H and O–H groups in total. The van der Waals surface area contributed by atoms with Crippen LogP contribution in [0.15, 0.2) is 29.8 Å². The molecule has 0 bridgehead atoms. The number of fused-ring (bicyclic) bond motifs is 2. The predicted molar refractivity (Wildman–Crippen MR) is 101 cm³/mol. The number of pyridine rings is 1. The average molecular weight is 407 g/mol. The number of H-pyrrole nitrogens is 1. The fraction of sp³-hybridized carbons (Fsp3) is 0.222. The number of halogens is 3. The summed E-state index contributed by atoms with van der Waals surface area (Å²) in [6, 6.07) is 5.58. The molecule has 5 rings (SSSR count). The molecule has 0 aromatic carbocycles. The van der Waals surface area contributed by atoms with Crippen LogP contribution in [0.3, 0.4) is 0 Å². The number of aromatic nitrogens is 4. The van der Waals surface area contributed by atoms with E-state index in [9.17, 15) is 8.78 Å². The Bertz CT molecular complexity index is 1150. The number of hydrogen-bond acceptors (Lipinski definition) is 4. The van der Waals surface area contributed by atoms with Crippen LogP contribution in [0.4, 0.5) is 8.78 Å². The van der Waals surface area contributed by atoms with Gasteiger partial charge < -0.3 is 9.72 Å². The van der Waals surface area contributed by atoms with Crippen molar-refractivity contribution in [2.24, 2.45) is 0 Å². The topological polar surface area (TPSA) is 55.7 Å². The SMILES string of the molecule is FC(F)c1nn2c(c1-c1[nH]c3ncccc3c1-c1ccsc1Cl)OCCC2. The Morgan fingerprint density at radius 3 is 2.96 bits per heavy atom. The number of ether oxygens (including phenoxy) is 1. The summed E-state index contributed by atoms with van der Waals surface area (Å²) in [7, 11) is 0. The fourth-order valence-corrected chi connectivity index (χ4v) is 4.43. The summed E-state index contributed by atoms with van der Waals surface area (Å²) in [4.78, 5) is 7.54. The van der Waals surface area contributed by atoms with E-state index in [2.05, 4.69) is 15.1 Å². The van der Waals surface area contributed by atoms with Gasteiger partial charge in [-0.3, -0.25) is 0 Å². The van der Waals surface area contributed by atoms with Crippen LogP contribution in [-0.2, 0) is 6.54 Å². The van der Waals surface area contributed by atoms with Crippen molar-refractivity contribution >= 4 is 34.0 Å². The summed E-state index contributed by atoms with van der Waals surface area (Å²) in [5.41, 5.74) is 2.58. The van der Waals surface area contributed by atoms with Gasteiger partial charge in [0.1, 0.15) is 15.7 Å². The zero-order valence-electron chi connectivity index (χ0n) is 13.9. The maximum absolute atomic E-state index is 13.8. The average Bonchev–Trinajstić information content (AvgIpc) is 3.35. The van der Waals surface area contributed by atoms with Crippen molar-refractivity contribution in [3.05, 3.63) is 39.8 Å². The highest BCUT2D eigenvalue weighted by Gasteiger charge is 2.32. The molecular formula is C18H13ClF2N4OS. The smallest absolute Gasteiger partial charge is 0.282 e. The molecule has 0 aliphatic carbocycles. The molecule has 0 fully saturated rings. The minimum atomic E-state index is -2.73. The first-order chi connectivity index (χ1) is 13.1. The van der Waals surface area contributed by atoms with Gasteiger partial charge in [-0.05, 0) is 23.6 Å². The third-order valence-corrected chi connectivity index (χ3v) is 5.77. The van der Waals surface area contributed by atoms with E-state index >= 15 is 0 Å². The minimum Gasteiger partial charge on any atom is -0.477 e. The second-order valence-corrected chi connectivity index (χ2v) is 7.69. The summed E-state index contributed by atoms with van der Waals surface area (Å²) in [6.45, 7) is 1.01. The molecule has 0 unspecified atom stereocenters. The van der Waals surface area contributed by atoms with Gasteiger partial charge in [0.2, 0.25) is 5.88 Å². The van der Waals surface area contributed by atoms with Gasteiger partial charge in [-0.15, -0.1) is 11.3 Å². The first-order valence-corrected chi connectivity index (χ1v) is 9.63. The molecule has 138 valence electrons. The molecule has 4 aromatic rings. The van der Waals surface area contributed by atoms with Crippen LogP contribution in [0, 0.1) is 0 Å². The van der Waals surface area contributed by atoms with Crippen LogP contribution in [0.2, 0.25) is 4.34 Å². The van der Waals surface area contributed by atoms with Crippen molar-refractivity contribution in [3.63, 3.8) is 0 Å². The molecule has 1 aliphatic rings. The predicted octanol–water partition coefficient (Wildman–Crippen LogP) is 5.53. The van der Waals surface area contributed by atoms with E-state index in [-0.39, 0.29) is 11.3 Å². The van der Waals surface area contributed by atoms with E-state index < -0.39 is 6.43 Å². The Morgan fingerprint density at radius 2 is 2.19 bits per heavy atom. The molecular weight excluding hydrogens is 394 g/mol. The molecule has 0 spiro atoms. The second kappa shape index (κ2) is 6.31. The van der Waals surface area contributed by atoms with E-state index in [1.54, 1.807) is 6.20 Å². The molecule has 4 aromatic heterocycles. The van der Waals surface area contributed by atoms with Gasteiger partial charge in [-0.2, -0.15) is 5.10 Å². The lowest BCUT2D eigenvalue weighted by Gasteiger charge is -2.16. The lowest BCUT2D eigenvalue weighted by atomic mass is 10.0. The number of alkyl halides is 2. The highest BCUT2D eigenvalue weighted by molar-refractivity contribution is 7.15. The summed E-state index contributed by atoms with van der Waals surface area (Å²) in [6.07, 6.45) is -0.347. The van der Waals surface area contributed by atoms with Crippen molar-refractivity contribution in [2.45, 2.75) is 19.4 Å². The first-order valence-electron chi connectivity index (χ1n) is 8.37. The third-order valence-electron chi connectivity index (χ3n) is 4.60. The molecule has 0 saturated carbocycles. The summed E-state index contributed by atoms with van der Waals surface area (Å²) in [5.74, 6) is 0.357. The number of hydrogen-bond donors (Lipinski definition) is 1. The minimum absolute atomic E-state index is 0.278. The number of aryl methyl sites for hydroxylation is 1. The van der Waals surface area contributed by atoms with Crippen molar-refractivity contribution in [1.82, 2.24) is 19.7 Å². The number of nitrogens with one attached hydrogen (secondary N) is 1. The molecule has 0 radical (unpaired) electrons. The van der Waals surface area contributed by atoms with Gasteiger partial charge in [-0.1, -0.05) is 11.6 Å². The van der Waals surface area contributed by atoms with Gasteiger partial charge >= 0.3 is 0 Å². The second-order valence-electron chi connectivity index (χ2n) is 6.17. The molecule has 5 heterocycles. The van der Waals surface area contributed by atoms with Crippen LogP contribution < -0.4 is 4.74 Å². The molecule has 27 heavy (non-hydrogen) atoms. The van der Waals surface area contributed by atoms with Crippen LogP contribution >= 0.6 is 22.9 Å². The summed E-state index contributed by atoms with van der Waals surface area (Å²) in [5, 5.41) is 6.79. The van der Waals surface area contributed by atoms with Gasteiger partial charge in [0.05, 0.1) is 17.9 Å². The normalized spacial score (nSPS) is 13.9. The van der Waals surface area contributed by atoms with Crippen LogP contribution in [0.1, 0.15) is 18.5 Å². The molecule has 0 amide bonds. The third kappa shape index (κ3) is 2.55. The van der Waals surface area contributed by atoms with Crippen LogP contribution in [-0.4, -0.2) is 26.4 Å². The van der Waals surface area contributed by atoms with Gasteiger partial charge in [0.15, 0.2) is 0 Å². The Labute approximate surface area is 161 Å². The largest absolute Gasteiger partial charge is 0.477 e. The molecule has 0 saturated heterocycles. The maximum atomic E-state index is 13.8. The molecule has 9 heteroatoms. The van der Waals surface area contributed by atoms with Gasteiger partial charge in [0, 0.05) is 35.7 Å². The van der Waals surface area contributed by atoms with Crippen molar-refractivity contribution in [2.75, 3.05) is 6.61 Å². The van der Waals surface area contributed by atoms with E-state index in [4.69, 9.17) is 16.3 Å². The standard InChI is InChI=1S/C18H13ClF2N4OS/c19-15-9(4-8-27-15)11-10-3-1-5-22-17(10)23-13(11)12-14(16(20)21)24-25-6-2-7-26-18(12)25/h1,3-5,8,16H,2,6-7H2,(H,22,23). The monoisotopic (exact) mass is 406 g/mol. The van der Waals surface area contributed by atoms with Gasteiger partial charge in [0.25, 0.3) is 6.43 Å². The van der Waals surface area contributed by atoms with E-state index in [0.717, 1.165) is 22.9 Å². The highest BCUT2D eigenvalue weighted by atomic mass is 35.5. The first kappa shape index (κ1) is 16.7. The highest BCUT2D eigenvalue weighted by Crippen LogP contribution is 2.47. The number of nitrogens with zero attached hydrogens (tertiary/aromatic N) is 3. The zero-order chi connectivity index (χ0) is 18.5. The van der Waals surface area contributed by atoms with Crippen LogP contribution in [0.25, 0.3) is 33.4 Å². The Hall–Kier alpha value is -2.45. The maximum Gasteiger partial charge on any atom is 0.282 e. The summed E-state index contributed by atoms with van der Waals surface area (Å²) < 4.78 is 35.5. The number of aromatic amines is 1. The van der Waals surface area contributed by atoms with E-state index in [1.165, 1.54) is 16.0 Å². The van der Waals surface area contributed by atoms with Crippen molar-refractivity contribution in [3.8, 4) is 28.3 Å². The summed E-state index contributed by atoms with van der Waals surface area (Å²) >= 11 is 7.78. The molecule has 5 nitrogen and oxygen atoms in total. The molecule has 0 atom stereocenters. The van der Waals surface area contributed by atoms with E-state index in [1.807, 2.05) is 23.6 Å². The Balaban J connectivity index is 1.87. The lowest BCUT2D eigenvalue weighted by molar-refractivity contribution is 0.145. The number of rotatable bonds is 3. The van der Waals surface area contributed by atoms with Gasteiger partial charge in [-0.25, -0.2) is 18.4 Å². The fourth-order valence-electron chi connectivity index (χ4n) is 3.50. The quantitative estimate of drug-likeness (QED) is 0.486.